The number of hydrogen-bond acceptors (Lipinski definition) is 3. The van der Waals surface area contributed by atoms with Gasteiger partial charge in [-0.15, -0.1) is 0 Å². The van der Waals surface area contributed by atoms with Crippen molar-refractivity contribution in [1.82, 2.24) is 10.9 Å². The third kappa shape index (κ3) is 4.42. The van der Waals surface area contributed by atoms with Crippen molar-refractivity contribution in [3.05, 3.63) is 35.9 Å². The quantitative estimate of drug-likeness (QED) is 0.637. The van der Waals surface area contributed by atoms with E-state index in [0.29, 0.717) is 6.42 Å². The van der Waals surface area contributed by atoms with Crippen molar-refractivity contribution in [2.45, 2.75) is 32.4 Å². The highest BCUT2D eigenvalue weighted by atomic mass is 16.2. The van der Waals surface area contributed by atoms with Gasteiger partial charge in [0.1, 0.15) is 0 Å². The standard InChI is InChI=1S/C12H19N3O/c1-9(2)14-15-12(16)11(13)8-10-6-4-3-5-7-10/h3-7,9,11,14H,8,13H2,1-2H3,(H,15,16)/t11-/m0/s1. The van der Waals surface area contributed by atoms with Gasteiger partial charge in [-0.2, -0.15) is 0 Å². The summed E-state index contributed by atoms with van der Waals surface area (Å²) < 4.78 is 0. The Hall–Kier alpha value is -1.39. The van der Waals surface area contributed by atoms with Crippen molar-refractivity contribution in [1.29, 1.82) is 0 Å². The molecule has 1 aromatic rings. The molecule has 0 radical (unpaired) electrons. The molecule has 0 aliphatic carbocycles. The van der Waals surface area contributed by atoms with Crippen LogP contribution in [0.3, 0.4) is 0 Å². The molecule has 16 heavy (non-hydrogen) atoms. The second-order valence-corrected chi connectivity index (χ2v) is 4.08. The van der Waals surface area contributed by atoms with Gasteiger partial charge >= 0.3 is 0 Å². The van der Waals surface area contributed by atoms with Crippen LogP contribution in [0, 0.1) is 0 Å². The Morgan fingerprint density at radius 1 is 1.31 bits per heavy atom. The second-order valence-electron chi connectivity index (χ2n) is 4.08. The number of nitrogens with one attached hydrogen (secondary N) is 2. The SMILES string of the molecule is CC(C)NNC(=O)[C@@H](N)Cc1ccccc1. The Labute approximate surface area is 96.2 Å². The van der Waals surface area contributed by atoms with Crippen LogP contribution in [0.1, 0.15) is 19.4 Å². The number of hydrazine groups is 1. The van der Waals surface area contributed by atoms with Crippen molar-refractivity contribution in [2.75, 3.05) is 0 Å². The molecule has 88 valence electrons. The zero-order valence-corrected chi connectivity index (χ0v) is 9.73. The van der Waals surface area contributed by atoms with E-state index in [1.165, 1.54) is 0 Å². The number of carbonyl (C=O) groups is 1. The van der Waals surface area contributed by atoms with Crippen LogP contribution in [0.25, 0.3) is 0 Å². The van der Waals surface area contributed by atoms with E-state index in [-0.39, 0.29) is 11.9 Å². The molecule has 4 heteroatoms. The van der Waals surface area contributed by atoms with E-state index in [9.17, 15) is 4.79 Å². The van der Waals surface area contributed by atoms with E-state index in [0.717, 1.165) is 5.56 Å². The number of benzene rings is 1. The lowest BCUT2D eigenvalue weighted by atomic mass is 10.1. The lowest BCUT2D eigenvalue weighted by Crippen LogP contribution is -2.50. The van der Waals surface area contributed by atoms with Gasteiger partial charge in [-0.05, 0) is 25.8 Å². The van der Waals surface area contributed by atoms with Crippen molar-refractivity contribution in [2.24, 2.45) is 5.73 Å². The molecule has 1 atom stereocenters. The van der Waals surface area contributed by atoms with E-state index < -0.39 is 6.04 Å². The Bertz CT molecular complexity index is 324. The molecular weight excluding hydrogens is 202 g/mol. The highest BCUT2D eigenvalue weighted by Crippen LogP contribution is 2.01. The van der Waals surface area contributed by atoms with Gasteiger partial charge < -0.3 is 5.73 Å². The molecule has 0 saturated heterocycles. The van der Waals surface area contributed by atoms with E-state index in [1.54, 1.807) is 0 Å². The highest BCUT2D eigenvalue weighted by molar-refractivity contribution is 5.81. The molecule has 0 aromatic heterocycles. The molecular formula is C12H19N3O. The molecule has 0 unspecified atom stereocenters. The maximum absolute atomic E-state index is 11.6. The predicted molar refractivity (Wildman–Crippen MR) is 64.5 cm³/mol. The molecule has 0 bridgehead atoms. The van der Waals surface area contributed by atoms with Gasteiger partial charge in [0.15, 0.2) is 0 Å². The first kappa shape index (κ1) is 12.7. The van der Waals surface area contributed by atoms with Crippen molar-refractivity contribution >= 4 is 5.91 Å². The highest BCUT2D eigenvalue weighted by Gasteiger charge is 2.13. The fourth-order valence-corrected chi connectivity index (χ4v) is 1.27. The Kier molecular flexibility index (Phi) is 4.95. The van der Waals surface area contributed by atoms with Crippen LogP contribution in [0.5, 0.6) is 0 Å². The number of carbonyl (C=O) groups excluding carboxylic acids is 1. The third-order valence-electron chi connectivity index (χ3n) is 2.12. The van der Waals surface area contributed by atoms with Crippen LogP contribution in [-0.2, 0) is 11.2 Å². The molecule has 0 aliphatic rings. The van der Waals surface area contributed by atoms with Crippen molar-refractivity contribution in [3.63, 3.8) is 0 Å². The van der Waals surface area contributed by atoms with Gasteiger partial charge in [0.2, 0.25) is 0 Å². The Balaban J connectivity index is 2.40. The van der Waals surface area contributed by atoms with Crippen LogP contribution < -0.4 is 16.6 Å². The first-order valence-corrected chi connectivity index (χ1v) is 5.44. The van der Waals surface area contributed by atoms with Crippen LogP contribution in [0.4, 0.5) is 0 Å². The summed E-state index contributed by atoms with van der Waals surface area (Å²) in [5.41, 5.74) is 12.3. The number of amides is 1. The summed E-state index contributed by atoms with van der Waals surface area (Å²) in [5.74, 6) is -0.183. The zero-order valence-electron chi connectivity index (χ0n) is 9.73. The average Bonchev–Trinajstić information content (AvgIpc) is 2.27. The lowest BCUT2D eigenvalue weighted by Gasteiger charge is -2.14. The molecule has 0 fully saturated rings. The maximum Gasteiger partial charge on any atom is 0.251 e. The smallest absolute Gasteiger partial charge is 0.251 e. The minimum atomic E-state index is -0.520. The summed E-state index contributed by atoms with van der Waals surface area (Å²) in [6.07, 6.45) is 0.548. The van der Waals surface area contributed by atoms with Gasteiger partial charge in [0, 0.05) is 6.04 Å². The van der Waals surface area contributed by atoms with Gasteiger partial charge in [-0.1, -0.05) is 30.3 Å². The molecule has 1 amide bonds. The van der Waals surface area contributed by atoms with Gasteiger partial charge in [0.05, 0.1) is 6.04 Å². The Morgan fingerprint density at radius 2 is 1.94 bits per heavy atom. The van der Waals surface area contributed by atoms with Crippen LogP contribution >= 0.6 is 0 Å². The molecule has 4 nitrogen and oxygen atoms in total. The van der Waals surface area contributed by atoms with Crippen LogP contribution in [0.2, 0.25) is 0 Å². The van der Waals surface area contributed by atoms with Crippen molar-refractivity contribution < 1.29 is 4.79 Å². The molecule has 1 rings (SSSR count). The number of hydrogen-bond donors (Lipinski definition) is 3. The molecule has 1 aromatic carbocycles. The summed E-state index contributed by atoms with van der Waals surface area (Å²) in [6, 6.07) is 9.42. The van der Waals surface area contributed by atoms with E-state index >= 15 is 0 Å². The fraction of sp³-hybridized carbons (Fsp3) is 0.417. The van der Waals surface area contributed by atoms with Gasteiger partial charge in [-0.3, -0.25) is 10.2 Å². The first-order chi connectivity index (χ1) is 7.59. The minimum absolute atomic E-state index is 0.183. The molecule has 0 heterocycles. The third-order valence-corrected chi connectivity index (χ3v) is 2.12. The average molecular weight is 221 g/mol. The molecule has 0 aliphatic heterocycles. The van der Waals surface area contributed by atoms with Gasteiger partial charge in [-0.25, -0.2) is 5.43 Å². The summed E-state index contributed by atoms with van der Waals surface area (Å²) in [4.78, 5) is 11.6. The number of nitrogens with two attached hydrogens (primary N) is 1. The molecule has 0 spiro atoms. The van der Waals surface area contributed by atoms with Crippen LogP contribution in [-0.4, -0.2) is 18.0 Å². The largest absolute Gasteiger partial charge is 0.320 e. The van der Waals surface area contributed by atoms with E-state index in [4.69, 9.17) is 5.73 Å². The minimum Gasteiger partial charge on any atom is -0.320 e. The van der Waals surface area contributed by atoms with E-state index in [1.807, 2.05) is 44.2 Å². The fourth-order valence-electron chi connectivity index (χ4n) is 1.27. The van der Waals surface area contributed by atoms with Crippen molar-refractivity contribution in [3.8, 4) is 0 Å². The summed E-state index contributed by atoms with van der Waals surface area (Å²) >= 11 is 0. The predicted octanol–water partition coefficient (Wildman–Crippen LogP) is 0.586. The maximum atomic E-state index is 11.6. The molecule has 4 N–H and O–H groups in total. The Morgan fingerprint density at radius 3 is 2.50 bits per heavy atom. The lowest BCUT2D eigenvalue weighted by molar-refractivity contribution is -0.123. The monoisotopic (exact) mass is 221 g/mol. The van der Waals surface area contributed by atoms with E-state index in [2.05, 4.69) is 10.9 Å². The van der Waals surface area contributed by atoms with Gasteiger partial charge in [0.25, 0.3) is 5.91 Å². The summed E-state index contributed by atoms with van der Waals surface area (Å²) in [6.45, 7) is 3.89. The topological polar surface area (TPSA) is 67.1 Å². The summed E-state index contributed by atoms with van der Waals surface area (Å²) in [5, 5.41) is 0. The number of rotatable bonds is 5. The van der Waals surface area contributed by atoms with Crippen LogP contribution in [0.15, 0.2) is 30.3 Å². The second kappa shape index (κ2) is 6.25. The normalized spacial score (nSPS) is 12.5. The zero-order chi connectivity index (χ0) is 12.0. The summed E-state index contributed by atoms with van der Waals surface area (Å²) in [7, 11) is 0. The molecule has 0 saturated carbocycles. The first-order valence-electron chi connectivity index (χ1n) is 5.44.